The average molecular weight is 339 g/mol. The van der Waals surface area contributed by atoms with Crippen LogP contribution in [0.4, 0.5) is 5.95 Å². The first-order valence-corrected chi connectivity index (χ1v) is 8.79. The van der Waals surface area contributed by atoms with Crippen LogP contribution in [-0.2, 0) is 6.54 Å². The molecule has 3 aromatic rings. The molecule has 0 saturated carbocycles. The zero-order valence-electron chi connectivity index (χ0n) is 14.5. The first kappa shape index (κ1) is 14.8. The standard InChI is InChI=1S/C18H21N5O2/c1-11-15(12(2)25-21-11)13-3-4-14-16-17(13)24-10-9-23(16)18(20-14)22-7-5-19-6-8-22/h3-4,19H,5-10H2,1-2H3. The summed E-state index contributed by atoms with van der Waals surface area (Å²) in [5.74, 6) is 2.76. The van der Waals surface area contributed by atoms with Gasteiger partial charge < -0.3 is 24.0 Å². The molecular weight excluding hydrogens is 318 g/mol. The molecule has 130 valence electrons. The average Bonchev–Trinajstić information content (AvgIpc) is 3.19. The van der Waals surface area contributed by atoms with E-state index in [1.807, 2.05) is 13.8 Å². The molecule has 1 N–H and O–H groups in total. The van der Waals surface area contributed by atoms with E-state index in [9.17, 15) is 0 Å². The van der Waals surface area contributed by atoms with E-state index >= 15 is 0 Å². The van der Waals surface area contributed by atoms with E-state index in [0.29, 0.717) is 6.61 Å². The lowest BCUT2D eigenvalue weighted by Crippen LogP contribution is -2.44. The molecule has 2 aliphatic rings. The summed E-state index contributed by atoms with van der Waals surface area (Å²) >= 11 is 0. The van der Waals surface area contributed by atoms with Crippen LogP contribution in [0.5, 0.6) is 5.75 Å². The predicted molar refractivity (Wildman–Crippen MR) is 95.3 cm³/mol. The van der Waals surface area contributed by atoms with Gasteiger partial charge in [-0.25, -0.2) is 4.98 Å². The Balaban J connectivity index is 1.73. The minimum atomic E-state index is 0.651. The number of ether oxygens (including phenoxy) is 1. The van der Waals surface area contributed by atoms with E-state index in [0.717, 1.165) is 78.0 Å². The molecule has 2 aromatic heterocycles. The molecule has 1 saturated heterocycles. The summed E-state index contributed by atoms with van der Waals surface area (Å²) in [7, 11) is 0. The van der Waals surface area contributed by atoms with Crippen molar-refractivity contribution in [3.8, 4) is 16.9 Å². The molecule has 4 heterocycles. The summed E-state index contributed by atoms with van der Waals surface area (Å²) in [5, 5.41) is 7.50. The molecule has 0 aliphatic carbocycles. The first-order valence-electron chi connectivity index (χ1n) is 8.79. The molecule has 7 heteroatoms. The van der Waals surface area contributed by atoms with Gasteiger partial charge in [-0.2, -0.15) is 0 Å². The van der Waals surface area contributed by atoms with Gasteiger partial charge >= 0.3 is 0 Å². The van der Waals surface area contributed by atoms with Crippen LogP contribution in [0.3, 0.4) is 0 Å². The normalized spacial score (nSPS) is 17.1. The zero-order valence-corrected chi connectivity index (χ0v) is 14.5. The van der Waals surface area contributed by atoms with Gasteiger partial charge in [0.15, 0.2) is 5.75 Å². The molecule has 7 nitrogen and oxygen atoms in total. The highest BCUT2D eigenvalue weighted by atomic mass is 16.5. The maximum absolute atomic E-state index is 6.10. The molecule has 0 bridgehead atoms. The van der Waals surface area contributed by atoms with Crippen LogP contribution in [0.15, 0.2) is 16.7 Å². The maximum atomic E-state index is 6.10. The van der Waals surface area contributed by atoms with Gasteiger partial charge in [0.05, 0.1) is 23.3 Å². The summed E-state index contributed by atoms with van der Waals surface area (Å²) in [5.41, 5.74) is 5.01. The summed E-state index contributed by atoms with van der Waals surface area (Å²) in [6.45, 7) is 9.35. The van der Waals surface area contributed by atoms with E-state index < -0.39 is 0 Å². The Morgan fingerprint density at radius 2 is 1.96 bits per heavy atom. The van der Waals surface area contributed by atoms with Crippen LogP contribution in [0.1, 0.15) is 11.5 Å². The summed E-state index contributed by atoms with van der Waals surface area (Å²) < 4.78 is 13.8. The molecule has 0 atom stereocenters. The lowest BCUT2D eigenvalue weighted by Gasteiger charge is -2.30. The van der Waals surface area contributed by atoms with Crippen LogP contribution < -0.4 is 15.0 Å². The topological polar surface area (TPSA) is 68.4 Å². The number of benzene rings is 1. The minimum absolute atomic E-state index is 0.651. The zero-order chi connectivity index (χ0) is 17.0. The number of anilines is 1. The highest BCUT2D eigenvalue weighted by molar-refractivity contribution is 5.93. The number of hydrogen-bond acceptors (Lipinski definition) is 6. The van der Waals surface area contributed by atoms with Crippen molar-refractivity contribution in [1.29, 1.82) is 0 Å². The predicted octanol–water partition coefficient (Wildman–Crippen LogP) is 2.11. The van der Waals surface area contributed by atoms with Crippen LogP contribution in [0, 0.1) is 13.8 Å². The fourth-order valence-corrected chi connectivity index (χ4v) is 3.95. The van der Waals surface area contributed by atoms with Crippen molar-refractivity contribution in [2.45, 2.75) is 20.4 Å². The van der Waals surface area contributed by atoms with Crippen molar-refractivity contribution >= 4 is 17.0 Å². The van der Waals surface area contributed by atoms with Crippen LogP contribution >= 0.6 is 0 Å². The summed E-state index contributed by atoms with van der Waals surface area (Å²) in [6, 6.07) is 4.16. The van der Waals surface area contributed by atoms with Crippen molar-refractivity contribution in [2.75, 3.05) is 37.7 Å². The second kappa shape index (κ2) is 5.49. The van der Waals surface area contributed by atoms with Crippen LogP contribution in [0.25, 0.3) is 22.2 Å². The van der Waals surface area contributed by atoms with E-state index in [2.05, 4.69) is 32.1 Å². The van der Waals surface area contributed by atoms with Gasteiger partial charge in [0.25, 0.3) is 0 Å². The summed E-state index contributed by atoms with van der Waals surface area (Å²) in [4.78, 5) is 7.28. The molecule has 2 aliphatic heterocycles. The van der Waals surface area contributed by atoms with Crippen molar-refractivity contribution in [1.82, 2.24) is 20.0 Å². The third kappa shape index (κ3) is 2.15. The Kier molecular flexibility index (Phi) is 3.24. The van der Waals surface area contributed by atoms with Gasteiger partial charge in [-0.05, 0) is 26.0 Å². The number of aryl methyl sites for hydroxylation is 2. The second-order valence-electron chi connectivity index (χ2n) is 6.66. The van der Waals surface area contributed by atoms with E-state index in [1.165, 1.54) is 0 Å². The number of imidazole rings is 1. The minimum Gasteiger partial charge on any atom is -0.489 e. The van der Waals surface area contributed by atoms with Gasteiger partial charge in [0.1, 0.15) is 17.9 Å². The van der Waals surface area contributed by atoms with E-state index in [4.69, 9.17) is 14.2 Å². The Morgan fingerprint density at radius 3 is 2.72 bits per heavy atom. The van der Waals surface area contributed by atoms with E-state index in [-0.39, 0.29) is 0 Å². The maximum Gasteiger partial charge on any atom is 0.206 e. The molecule has 1 fully saturated rings. The first-order chi connectivity index (χ1) is 12.2. The third-order valence-corrected chi connectivity index (χ3v) is 5.11. The Labute approximate surface area is 145 Å². The SMILES string of the molecule is Cc1noc(C)c1-c1ccc2nc(N3CCNCC3)n3c2c1OCC3. The Hall–Kier alpha value is -2.54. The van der Waals surface area contributed by atoms with E-state index in [1.54, 1.807) is 0 Å². The van der Waals surface area contributed by atoms with Gasteiger partial charge in [-0.15, -0.1) is 0 Å². The fraction of sp³-hybridized carbons (Fsp3) is 0.444. The smallest absolute Gasteiger partial charge is 0.206 e. The van der Waals surface area contributed by atoms with Crippen molar-refractivity contribution < 1.29 is 9.26 Å². The number of rotatable bonds is 2. The molecular formula is C18H21N5O2. The number of piperazine rings is 1. The van der Waals surface area contributed by atoms with Gasteiger partial charge in [0, 0.05) is 31.7 Å². The second-order valence-corrected chi connectivity index (χ2v) is 6.66. The van der Waals surface area contributed by atoms with Gasteiger partial charge in [0.2, 0.25) is 5.95 Å². The molecule has 0 radical (unpaired) electrons. The third-order valence-electron chi connectivity index (χ3n) is 5.11. The number of aromatic nitrogens is 3. The number of nitrogens with one attached hydrogen (secondary N) is 1. The lowest BCUT2D eigenvalue weighted by molar-refractivity contribution is 0.288. The molecule has 0 spiro atoms. The molecule has 25 heavy (non-hydrogen) atoms. The van der Waals surface area contributed by atoms with Crippen LogP contribution in [0.2, 0.25) is 0 Å². The molecule has 5 rings (SSSR count). The lowest BCUT2D eigenvalue weighted by atomic mass is 10.0. The largest absolute Gasteiger partial charge is 0.489 e. The highest BCUT2D eigenvalue weighted by Crippen LogP contribution is 2.42. The molecule has 1 aromatic carbocycles. The highest BCUT2D eigenvalue weighted by Gasteiger charge is 2.27. The number of hydrogen-bond donors (Lipinski definition) is 1. The quantitative estimate of drug-likeness (QED) is 0.771. The van der Waals surface area contributed by atoms with Crippen molar-refractivity contribution in [3.05, 3.63) is 23.6 Å². The van der Waals surface area contributed by atoms with Gasteiger partial charge in [-0.3, -0.25) is 0 Å². The molecule has 0 unspecified atom stereocenters. The fourth-order valence-electron chi connectivity index (χ4n) is 3.95. The molecule has 0 amide bonds. The summed E-state index contributed by atoms with van der Waals surface area (Å²) in [6.07, 6.45) is 0. The Bertz CT molecular complexity index is 933. The van der Waals surface area contributed by atoms with Crippen LogP contribution in [-0.4, -0.2) is 47.5 Å². The van der Waals surface area contributed by atoms with Crippen molar-refractivity contribution in [3.63, 3.8) is 0 Å². The Morgan fingerprint density at radius 1 is 1.12 bits per heavy atom. The number of nitrogens with zero attached hydrogens (tertiary/aromatic N) is 4. The van der Waals surface area contributed by atoms with Gasteiger partial charge in [-0.1, -0.05) is 5.16 Å². The van der Waals surface area contributed by atoms with Crippen molar-refractivity contribution in [2.24, 2.45) is 0 Å². The monoisotopic (exact) mass is 339 g/mol.